The van der Waals surface area contributed by atoms with Crippen LogP contribution in [0.25, 0.3) is 0 Å². The third-order valence-corrected chi connectivity index (χ3v) is 4.10. The van der Waals surface area contributed by atoms with E-state index in [0.717, 1.165) is 24.4 Å². The van der Waals surface area contributed by atoms with Gasteiger partial charge in [0, 0.05) is 33.0 Å². The standard InChI is InChI=1S/C16H20N6O2/c1-20(2)14-10-17-9-12(19-14)13-5-3-8-22(13)15(23)11-21-7-4-6-18-16(21)24/h4,6-7,9-10,13H,3,5,8,11H2,1-2H3/t13-/m1/s1. The Morgan fingerprint density at radius 2 is 2.21 bits per heavy atom. The van der Waals surface area contributed by atoms with E-state index in [-0.39, 0.29) is 18.5 Å². The van der Waals surface area contributed by atoms with Gasteiger partial charge in [0.15, 0.2) is 0 Å². The monoisotopic (exact) mass is 328 g/mol. The molecule has 1 amide bonds. The molecular weight excluding hydrogens is 308 g/mol. The number of hydrogen-bond acceptors (Lipinski definition) is 6. The smallest absolute Gasteiger partial charge is 0.347 e. The number of nitrogens with zero attached hydrogens (tertiary/aromatic N) is 6. The van der Waals surface area contributed by atoms with E-state index in [0.29, 0.717) is 6.54 Å². The molecule has 1 saturated heterocycles. The predicted octanol–water partition coefficient (Wildman–Crippen LogP) is 0.463. The molecule has 1 atom stereocenters. The SMILES string of the molecule is CN(C)c1cncc([C@H]2CCCN2C(=O)Cn2cccnc2=O)n1. The Labute approximate surface area is 139 Å². The summed E-state index contributed by atoms with van der Waals surface area (Å²) in [5, 5.41) is 0. The third kappa shape index (κ3) is 3.27. The van der Waals surface area contributed by atoms with Crippen molar-refractivity contribution in [2.24, 2.45) is 0 Å². The Bertz CT molecular complexity index is 788. The number of likely N-dealkylation sites (tertiary alicyclic amines) is 1. The molecule has 8 heteroatoms. The van der Waals surface area contributed by atoms with Crippen LogP contribution in [0.4, 0.5) is 5.82 Å². The van der Waals surface area contributed by atoms with Crippen molar-refractivity contribution in [3.05, 3.63) is 47.0 Å². The van der Waals surface area contributed by atoms with Gasteiger partial charge in [0.1, 0.15) is 12.4 Å². The number of rotatable bonds is 4. The quantitative estimate of drug-likeness (QED) is 0.811. The van der Waals surface area contributed by atoms with E-state index in [9.17, 15) is 9.59 Å². The van der Waals surface area contributed by atoms with Crippen molar-refractivity contribution in [2.75, 3.05) is 25.5 Å². The fraction of sp³-hybridized carbons (Fsp3) is 0.438. The first-order chi connectivity index (χ1) is 11.6. The zero-order chi connectivity index (χ0) is 17.1. The molecule has 3 rings (SSSR count). The van der Waals surface area contributed by atoms with Gasteiger partial charge in [0.05, 0.1) is 24.1 Å². The third-order valence-electron chi connectivity index (χ3n) is 4.10. The summed E-state index contributed by atoms with van der Waals surface area (Å²) in [6.45, 7) is 0.649. The number of hydrogen-bond donors (Lipinski definition) is 0. The highest BCUT2D eigenvalue weighted by molar-refractivity contribution is 5.76. The second-order valence-corrected chi connectivity index (χ2v) is 5.97. The van der Waals surface area contributed by atoms with Crippen LogP contribution in [0, 0.1) is 0 Å². The van der Waals surface area contributed by atoms with E-state index in [4.69, 9.17) is 0 Å². The normalized spacial score (nSPS) is 17.1. The lowest BCUT2D eigenvalue weighted by Gasteiger charge is -2.25. The van der Waals surface area contributed by atoms with Crippen molar-refractivity contribution in [3.8, 4) is 0 Å². The Hall–Kier alpha value is -2.77. The van der Waals surface area contributed by atoms with Crippen molar-refractivity contribution < 1.29 is 4.79 Å². The minimum atomic E-state index is -0.420. The molecule has 0 spiro atoms. The fourth-order valence-corrected chi connectivity index (χ4v) is 2.86. The number of carbonyl (C=O) groups excluding carboxylic acids is 1. The second kappa shape index (κ2) is 6.77. The molecular formula is C16H20N6O2. The second-order valence-electron chi connectivity index (χ2n) is 5.97. The van der Waals surface area contributed by atoms with Crippen LogP contribution in [0.5, 0.6) is 0 Å². The van der Waals surface area contributed by atoms with Gasteiger partial charge in [-0.3, -0.25) is 14.3 Å². The van der Waals surface area contributed by atoms with E-state index in [1.54, 1.807) is 29.6 Å². The summed E-state index contributed by atoms with van der Waals surface area (Å²) < 4.78 is 1.32. The van der Waals surface area contributed by atoms with Gasteiger partial charge in [-0.2, -0.15) is 0 Å². The number of anilines is 1. The van der Waals surface area contributed by atoms with Crippen LogP contribution in [0.15, 0.2) is 35.6 Å². The molecule has 8 nitrogen and oxygen atoms in total. The van der Waals surface area contributed by atoms with Crippen LogP contribution in [-0.2, 0) is 11.3 Å². The Morgan fingerprint density at radius 1 is 1.38 bits per heavy atom. The highest BCUT2D eigenvalue weighted by Gasteiger charge is 2.31. The minimum absolute atomic E-state index is 0.00995. The van der Waals surface area contributed by atoms with Gasteiger partial charge >= 0.3 is 5.69 Å². The van der Waals surface area contributed by atoms with Gasteiger partial charge in [0.2, 0.25) is 5.91 Å². The lowest BCUT2D eigenvalue weighted by atomic mass is 10.1. The molecule has 0 N–H and O–H groups in total. The van der Waals surface area contributed by atoms with Crippen LogP contribution < -0.4 is 10.6 Å². The molecule has 0 bridgehead atoms. The molecule has 126 valence electrons. The van der Waals surface area contributed by atoms with Crippen LogP contribution >= 0.6 is 0 Å². The molecule has 0 saturated carbocycles. The van der Waals surface area contributed by atoms with Gasteiger partial charge < -0.3 is 9.80 Å². The van der Waals surface area contributed by atoms with Crippen molar-refractivity contribution in [3.63, 3.8) is 0 Å². The summed E-state index contributed by atoms with van der Waals surface area (Å²) >= 11 is 0. The first-order valence-electron chi connectivity index (χ1n) is 7.86. The summed E-state index contributed by atoms with van der Waals surface area (Å²) in [6, 6.07) is 1.54. The highest BCUT2D eigenvalue weighted by atomic mass is 16.2. The molecule has 1 aliphatic rings. The summed E-state index contributed by atoms with van der Waals surface area (Å²) in [4.78, 5) is 40.5. The minimum Gasteiger partial charge on any atom is -0.361 e. The van der Waals surface area contributed by atoms with E-state index in [2.05, 4.69) is 15.0 Å². The average molecular weight is 328 g/mol. The fourth-order valence-electron chi connectivity index (χ4n) is 2.86. The lowest BCUT2D eigenvalue weighted by molar-refractivity contribution is -0.132. The summed E-state index contributed by atoms with van der Waals surface area (Å²) in [7, 11) is 3.81. The highest BCUT2D eigenvalue weighted by Crippen LogP contribution is 2.31. The van der Waals surface area contributed by atoms with Crippen molar-refractivity contribution in [2.45, 2.75) is 25.4 Å². The van der Waals surface area contributed by atoms with Crippen LogP contribution in [0.2, 0.25) is 0 Å². The maximum Gasteiger partial charge on any atom is 0.347 e. The molecule has 2 aromatic rings. The van der Waals surface area contributed by atoms with Gasteiger partial charge in [-0.05, 0) is 18.9 Å². The molecule has 2 aromatic heterocycles. The average Bonchev–Trinajstić information content (AvgIpc) is 3.07. The largest absolute Gasteiger partial charge is 0.361 e. The summed E-state index contributed by atoms with van der Waals surface area (Å²) in [6.07, 6.45) is 8.15. The summed E-state index contributed by atoms with van der Waals surface area (Å²) in [5.41, 5.74) is 0.363. The Morgan fingerprint density at radius 3 is 2.96 bits per heavy atom. The van der Waals surface area contributed by atoms with Crippen LogP contribution in [0.1, 0.15) is 24.6 Å². The first kappa shape index (κ1) is 16.1. The molecule has 1 aliphatic heterocycles. The molecule has 0 aliphatic carbocycles. The lowest BCUT2D eigenvalue weighted by Crippen LogP contribution is -2.36. The van der Waals surface area contributed by atoms with Gasteiger partial charge in [0.25, 0.3) is 0 Å². The Balaban J connectivity index is 1.80. The molecule has 3 heterocycles. The van der Waals surface area contributed by atoms with E-state index in [1.165, 1.54) is 10.8 Å². The molecule has 1 fully saturated rings. The van der Waals surface area contributed by atoms with Gasteiger partial charge in [-0.25, -0.2) is 14.8 Å². The maximum atomic E-state index is 12.6. The van der Waals surface area contributed by atoms with Gasteiger partial charge in [-0.1, -0.05) is 0 Å². The summed E-state index contributed by atoms with van der Waals surface area (Å²) in [5.74, 6) is 0.653. The van der Waals surface area contributed by atoms with Crippen LogP contribution in [-0.4, -0.2) is 51.0 Å². The molecule has 0 radical (unpaired) electrons. The van der Waals surface area contributed by atoms with E-state index in [1.807, 2.05) is 19.0 Å². The first-order valence-corrected chi connectivity index (χ1v) is 7.86. The molecule has 0 aromatic carbocycles. The maximum absolute atomic E-state index is 12.6. The zero-order valence-electron chi connectivity index (χ0n) is 13.8. The number of aromatic nitrogens is 4. The van der Waals surface area contributed by atoms with E-state index >= 15 is 0 Å². The topological polar surface area (TPSA) is 84.2 Å². The van der Waals surface area contributed by atoms with Crippen molar-refractivity contribution in [1.82, 2.24) is 24.4 Å². The predicted molar refractivity (Wildman–Crippen MR) is 88.5 cm³/mol. The van der Waals surface area contributed by atoms with E-state index < -0.39 is 5.69 Å². The molecule has 0 unspecified atom stereocenters. The Kier molecular flexibility index (Phi) is 4.54. The van der Waals surface area contributed by atoms with Crippen molar-refractivity contribution >= 4 is 11.7 Å². The van der Waals surface area contributed by atoms with Crippen LogP contribution in [0.3, 0.4) is 0 Å². The molecule has 24 heavy (non-hydrogen) atoms. The number of carbonyl (C=O) groups is 1. The van der Waals surface area contributed by atoms with Crippen molar-refractivity contribution in [1.29, 1.82) is 0 Å². The zero-order valence-corrected chi connectivity index (χ0v) is 13.8. The van der Waals surface area contributed by atoms with Gasteiger partial charge in [-0.15, -0.1) is 0 Å². The number of amides is 1.